The first kappa shape index (κ1) is 20.1. The summed E-state index contributed by atoms with van der Waals surface area (Å²) in [4.78, 5) is 4.53. The predicted octanol–water partition coefficient (Wildman–Crippen LogP) is 2.72. The van der Waals surface area contributed by atoms with Gasteiger partial charge in [0, 0.05) is 50.0 Å². The summed E-state index contributed by atoms with van der Waals surface area (Å²) in [7, 11) is -3.48. The van der Waals surface area contributed by atoms with Crippen molar-refractivity contribution in [2.24, 2.45) is 0 Å². The largest absolute Gasteiger partial charge is 0.369 e. The fourth-order valence-corrected chi connectivity index (χ4v) is 4.39. The molecule has 0 atom stereocenters. The van der Waals surface area contributed by atoms with E-state index in [2.05, 4.69) is 14.5 Å². The lowest BCUT2D eigenvalue weighted by Gasteiger charge is -2.36. The Morgan fingerprint density at radius 1 is 1.04 bits per heavy atom. The number of halogens is 2. The van der Waals surface area contributed by atoms with Gasteiger partial charge in [-0.15, -0.1) is 0 Å². The van der Waals surface area contributed by atoms with Crippen molar-refractivity contribution in [3.05, 3.63) is 64.9 Å². The van der Waals surface area contributed by atoms with E-state index in [4.69, 9.17) is 11.6 Å². The summed E-state index contributed by atoms with van der Waals surface area (Å²) < 4.78 is 40.1. The van der Waals surface area contributed by atoms with Gasteiger partial charge in [-0.3, -0.25) is 4.90 Å². The minimum Gasteiger partial charge on any atom is -0.369 e. The van der Waals surface area contributed by atoms with Crippen LogP contribution in [0.2, 0.25) is 5.02 Å². The van der Waals surface area contributed by atoms with Crippen LogP contribution < -0.4 is 9.62 Å². The Morgan fingerprint density at radius 3 is 2.41 bits per heavy atom. The number of piperazine rings is 1. The first-order valence-electron chi connectivity index (χ1n) is 8.86. The fraction of sp³-hybridized carbons (Fsp3) is 0.368. The van der Waals surface area contributed by atoms with Crippen LogP contribution in [0.4, 0.5) is 10.1 Å². The molecular formula is C19H23ClFN3O2S. The molecule has 0 unspecified atom stereocenters. The van der Waals surface area contributed by atoms with Gasteiger partial charge in [0.2, 0.25) is 10.0 Å². The molecule has 3 rings (SSSR count). The SMILES string of the molecule is O=S(=O)(Cc1cccc(F)c1)NCCN1CCN(c2ccc(Cl)cc2)CC1. The molecule has 8 heteroatoms. The van der Waals surface area contributed by atoms with Crippen molar-refractivity contribution < 1.29 is 12.8 Å². The molecule has 1 N–H and O–H groups in total. The van der Waals surface area contributed by atoms with Crippen LogP contribution in [-0.4, -0.2) is 52.6 Å². The maximum atomic E-state index is 13.2. The lowest BCUT2D eigenvalue weighted by Crippen LogP contribution is -2.48. The number of nitrogens with one attached hydrogen (secondary N) is 1. The van der Waals surface area contributed by atoms with E-state index >= 15 is 0 Å². The molecule has 0 radical (unpaired) electrons. The standard InChI is InChI=1S/C19H23ClFN3O2S/c20-17-4-6-19(7-5-17)24-12-10-23(11-13-24)9-8-22-27(25,26)15-16-2-1-3-18(21)14-16/h1-7,14,22H,8-13,15H2. The Labute approximate surface area is 164 Å². The van der Waals surface area contributed by atoms with Gasteiger partial charge in [0.05, 0.1) is 5.75 Å². The zero-order chi connectivity index (χ0) is 19.3. The van der Waals surface area contributed by atoms with Crippen LogP contribution in [0, 0.1) is 5.82 Å². The highest BCUT2D eigenvalue weighted by Gasteiger charge is 2.18. The third-order valence-electron chi connectivity index (χ3n) is 4.56. The summed E-state index contributed by atoms with van der Waals surface area (Å²) in [6.45, 7) is 4.51. The maximum absolute atomic E-state index is 13.2. The highest BCUT2D eigenvalue weighted by atomic mass is 35.5. The third kappa shape index (κ3) is 6.17. The van der Waals surface area contributed by atoms with E-state index in [0.29, 0.717) is 18.7 Å². The maximum Gasteiger partial charge on any atom is 0.215 e. The number of rotatable bonds is 7. The van der Waals surface area contributed by atoms with Crippen LogP contribution in [0.3, 0.4) is 0 Å². The van der Waals surface area contributed by atoms with Gasteiger partial charge in [-0.1, -0.05) is 23.7 Å². The molecule has 0 aromatic heterocycles. The van der Waals surface area contributed by atoms with Crippen LogP contribution in [0.5, 0.6) is 0 Å². The molecule has 5 nitrogen and oxygen atoms in total. The van der Waals surface area contributed by atoms with Crippen molar-refractivity contribution in [1.29, 1.82) is 0 Å². The smallest absolute Gasteiger partial charge is 0.215 e. The van der Waals surface area contributed by atoms with Crippen LogP contribution >= 0.6 is 11.6 Å². The van der Waals surface area contributed by atoms with E-state index in [1.54, 1.807) is 6.07 Å². The second kappa shape index (κ2) is 9.01. The first-order valence-corrected chi connectivity index (χ1v) is 10.9. The van der Waals surface area contributed by atoms with Gasteiger partial charge in [0.1, 0.15) is 5.82 Å². The molecule has 0 aliphatic carbocycles. The third-order valence-corrected chi connectivity index (χ3v) is 6.17. The van der Waals surface area contributed by atoms with Crippen molar-refractivity contribution in [3.63, 3.8) is 0 Å². The van der Waals surface area contributed by atoms with Crippen LogP contribution in [0.25, 0.3) is 0 Å². The van der Waals surface area contributed by atoms with Gasteiger partial charge in [-0.25, -0.2) is 17.5 Å². The number of sulfonamides is 1. The molecule has 1 fully saturated rings. The van der Waals surface area contributed by atoms with E-state index in [1.165, 1.54) is 18.2 Å². The van der Waals surface area contributed by atoms with Crippen LogP contribution in [0.1, 0.15) is 5.56 Å². The quantitative estimate of drug-likeness (QED) is 0.761. The van der Waals surface area contributed by atoms with Crippen molar-refractivity contribution >= 4 is 27.3 Å². The normalized spacial score (nSPS) is 15.9. The van der Waals surface area contributed by atoms with Crippen LogP contribution in [0.15, 0.2) is 48.5 Å². The van der Waals surface area contributed by atoms with Crippen molar-refractivity contribution in [2.45, 2.75) is 5.75 Å². The van der Waals surface area contributed by atoms with E-state index in [9.17, 15) is 12.8 Å². The molecule has 0 saturated carbocycles. The Morgan fingerprint density at radius 2 is 1.74 bits per heavy atom. The average molecular weight is 412 g/mol. The molecule has 146 valence electrons. The summed E-state index contributed by atoms with van der Waals surface area (Å²) in [6, 6.07) is 13.5. The van der Waals surface area contributed by atoms with E-state index < -0.39 is 15.8 Å². The summed E-state index contributed by atoms with van der Waals surface area (Å²) in [5.41, 5.74) is 1.59. The van der Waals surface area contributed by atoms with E-state index in [1.807, 2.05) is 24.3 Å². The van der Waals surface area contributed by atoms with Crippen LogP contribution in [-0.2, 0) is 15.8 Å². The molecule has 2 aromatic carbocycles. The van der Waals surface area contributed by atoms with Gasteiger partial charge in [0.25, 0.3) is 0 Å². The number of nitrogens with zero attached hydrogens (tertiary/aromatic N) is 2. The Hall–Kier alpha value is -1.67. The zero-order valence-corrected chi connectivity index (χ0v) is 16.5. The molecule has 2 aromatic rings. The molecule has 1 heterocycles. The number of hydrogen-bond acceptors (Lipinski definition) is 4. The van der Waals surface area contributed by atoms with Crippen molar-refractivity contribution in [2.75, 3.05) is 44.2 Å². The fourth-order valence-electron chi connectivity index (χ4n) is 3.14. The van der Waals surface area contributed by atoms with Gasteiger partial charge in [-0.2, -0.15) is 0 Å². The summed E-state index contributed by atoms with van der Waals surface area (Å²) in [5, 5.41) is 0.725. The zero-order valence-electron chi connectivity index (χ0n) is 14.9. The topological polar surface area (TPSA) is 52.7 Å². The molecule has 0 bridgehead atoms. The highest BCUT2D eigenvalue weighted by molar-refractivity contribution is 7.88. The minimum atomic E-state index is -3.48. The van der Waals surface area contributed by atoms with Gasteiger partial charge in [-0.05, 0) is 42.0 Å². The molecule has 1 aliphatic heterocycles. The van der Waals surface area contributed by atoms with Crippen molar-refractivity contribution in [1.82, 2.24) is 9.62 Å². The second-order valence-electron chi connectivity index (χ2n) is 6.59. The minimum absolute atomic E-state index is 0.213. The molecule has 0 amide bonds. The molecule has 1 aliphatic rings. The Bertz CT molecular complexity index is 854. The highest BCUT2D eigenvalue weighted by Crippen LogP contribution is 2.19. The number of hydrogen-bond donors (Lipinski definition) is 1. The average Bonchev–Trinajstić information content (AvgIpc) is 2.62. The Balaban J connectivity index is 1.41. The molecular weight excluding hydrogens is 389 g/mol. The molecule has 1 saturated heterocycles. The van der Waals surface area contributed by atoms with Gasteiger partial charge >= 0.3 is 0 Å². The number of anilines is 1. The predicted molar refractivity (Wildman–Crippen MR) is 107 cm³/mol. The lowest BCUT2D eigenvalue weighted by atomic mass is 10.2. The van der Waals surface area contributed by atoms with Crippen molar-refractivity contribution in [3.8, 4) is 0 Å². The van der Waals surface area contributed by atoms with E-state index in [0.717, 1.165) is 36.9 Å². The first-order chi connectivity index (χ1) is 12.9. The molecule has 27 heavy (non-hydrogen) atoms. The summed E-state index contributed by atoms with van der Waals surface area (Å²) in [6.07, 6.45) is 0. The second-order valence-corrected chi connectivity index (χ2v) is 8.83. The lowest BCUT2D eigenvalue weighted by molar-refractivity contribution is 0.262. The summed E-state index contributed by atoms with van der Waals surface area (Å²) >= 11 is 5.93. The monoisotopic (exact) mass is 411 g/mol. The van der Waals surface area contributed by atoms with Gasteiger partial charge in [0.15, 0.2) is 0 Å². The molecule has 0 spiro atoms. The van der Waals surface area contributed by atoms with Gasteiger partial charge < -0.3 is 4.90 Å². The van der Waals surface area contributed by atoms with E-state index in [-0.39, 0.29) is 5.75 Å². The Kier molecular flexibility index (Phi) is 6.70. The summed E-state index contributed by atoms with van der Waals surface area (Å²) in [5.74, 6) is -0.643. The number of benzene rings is 2.